The molecule has 0 aliphatic carbocycles. The Bertz CT molecular complexity index is 589. The number of alkyl carbamates (subject to hydrolysis) is 1. The van der Waals surface area contributed by atoms with Gasteiger partial charge in [-0.2, -0.15) is 5.10 Å². The molecule has 1 rings (SSSR count). The zero-order valence-electron chi connectivity index (χ0n) is 15.3. The molecule has 0 unspecified atom stereocenters. The van der Waals surface area contributed by atoms with E-state index in [1.807, 2.05) is 0 Å². The minimum Gasteiger partial charge on any atom is -0.460 e. The van der Waals surface area contributed by atoms with Crippen LogP contribution in [0.15, 0.2) is 17.4 Å². The molecule has 1 aromatic heterocycles. The van der Waals surface area contributed by atoms with Crippen molar-refractivity contribution >= 4 is 23.6 Å². The van der Waals surface area contributed by atoms with E-state index in [4.69, 9.17) is 9.47 Å². The Labute approximate surface area is 142 Å². The molecule has 0 fully saturated rings. The van der Waals surface area contributed by atoms with E-state index in [0.29, 0.717) is 5.69 Å². The second-order valence-corrected chi connectivity index (χ2v) is 7.32. The highest BCUT2D eigenvalue weighted by Gasteiger charge is 2.22. The van der Waals surface area contributed by atoms with Crippen LogP contribution in [0.3, 0.4) is 0 Å². The third-order valence-electron chi connectivity index (χ3n) is 2.33. The summed E-state index contributed by atoms with van der Waals surface area (Å²) in [6.07, 6.45) is 2.30. The highest BCUT2D eigenvalue weighted by Crippen LogP contribution is 2.13. The van der Waals surface area contributed by atoms with E-state index < -0.39 is 23.3 Å². The second-order valence-electron chi connectivity index (χ2n) is 7.32. The van der Waals surface area contributed by atoms with Crippen molar-refractivity contribution in [3.05, 3.63) is 12.4 Å². The Morgan fingerprint density at radius 2 is 1.75 bits per heavy atom. The van der Waals surface area contributed by atoms with Gasteiger partial charge >= 0.3 is 12.1 Å². The molecule has 0 saturated carbocycles. The molecule has 8 heteroatoms. The van der Waals surface area contributed by atoms with Gasteiger partial charge in [-0.1, -0.05) is 0 Å². The number of ether oxygens (including phenoxy) is 2. The van der Waals surface area contributed by atoms with Gasteiger partial charge in [0.15, 0.2) is 0 Å². The maximum atomic E-state index is 12.0. The molecule has 1 amide bonds. The zero-order chi connectivity index (χ0) is 18.5. The van der Waals surface area contributed by atoms with Crippen molar-refractivity contribution in [3.8, 4) is 0 Å². The lowest BCUT2D eigenvalue weighted by Crippen LogP contribution is -2.38. The Morgan fingerprint density at radius 3 is 2.21 bits per heavy atom. The number of aliphatic imine (C=N–C) groups is 1. The molecule has 1 heterocycles. The molecule has 8 nitrogen and oxygen atoms in total. The average Bonchev–Trinajstić information content (AvgIpc) is 2.68. The van der Waals surface area contributed by atoms with Gasteiger partial charge in [0.05, 0.1) is 12.4 Å². The number of carbonyl (C=O) groups excluding carboxylic acids is 2. The number of amides is 1. The first kappa shape index (κ1) is 19.7. The molecule has 1 aromatic rings. The summed E-state index contributed by atoms with van der Waals surface area (Å²) in [6, 6.07) is 0. The molecular formula is C16H26N4O4. The zero-order valence-corrected chi connectivity index (χ0v) is 15.3. The molecule has 0 bridgehead atoms. The standard InChI is InChI=1S/C16H26N4O4/c1-15(2,3)23-13(21)8-12(18-11-9-17-20(7)10-11)19-14(22)24-16(4,5)6/h9-10H,8H2,1-7H3,(H,18,19,22). The van der Waals surface area contributed by atoms with Crippen LogP contribution >= 0.6 is 0 Å². The predicted molar refractivity (Wildman–Crippen MR) is 90.1 cm³/mol. The van der Waals surface area contributed by atoms with Crippen molar-refractivity contribution in [2.24, 2.45) is 12.0 Å². The second kappa shape index (κ2) is 7.46. The van der Waals surface area contributed by atoms with Crippen LogP contribution in [0.5, 0.6) is 0 Å². The molecule has 134 valence electrons. The molecule has 1 N–H and O–H groups in total. The number of hydrogen-bond acceptors (Lipinski definition) is 6. The van der Waals surface area contributed by atoms with E-state index in [1.54, 1.807) is 59.5 Å². The summed E-state index contributed by atoms with van der Waals surface area (Å²) in [4.78, 5) is 28.2. The van der Waals surface area contributed by atoms with Crippen LogP contribution < -0.4 is 5.32 Å². The van der Waals surface area contributed by atoms with Gasteiger partial charge in [0.2, 0.25) is 0 Å². The maximum absolute atomic E-state index is 12.0. The van der Waals surface area contributed by atoms with Gasteiger partial charge in [-0.25, -0.2) is 9.79 Å². The number of aryl methyl sites for hydroxylation is 1. The number of amidine groups is 1. The summed E-state index contributed by atoms with van der Waals surface area (Å²) in [5.41, 5.74) is -0.773. The monoisotopic (exact) mass is 338 g/mol. The fourth-order valence-corrected chi connectivity index (χ4v) is 1.67. The predicted octanol–water partition coefficient (Wildman–Crippen LogP) is 2.71. The highest BCUT2D eigenvalue weighted by molar-refractivity contribution is 6.05. The van der Waals surface area contributed by atoms with Crippen molar-refractivity contribution in [2.75, 3.05) is 0 Å². The van der Waals surface area contributed by atoms with Crippen LogP contribution in [0.1, 0.15) is 48.0 Å². The van der Waals surface area contributed by atoms with Crippen LogP contribution in [0, 0.1) is 0 Å². The molecule has 0 atom stereocenters. The molecule has 0 aromatic carbocycles. The largest absolute Gasteiger partial charge is 0.460 e. The molecule has 0 aliphatic heterocycles. The smallest absolute Gasteiger partial charge is 0.413 e. The lowest BCUT2D eigenvalue weighted by Gasteiger charge is -2.21. The average molecular weight is 338 g/mol. The Hall–Kier alpha value is -2.38. The Kier molecular flexibility index (Phi) is 6.11. The Balaban J connectivity index is 2.89. The van der Waals surface area contributed by atoms with Crippen LogP contribution in [0.2, 0.25) is 0 Å². The molecule has 0 saturated heterocycles. The van der Waals surface area contributed by atoms with Crippen LogP contribution in [-0.4, -0.2) is 38.9 Å². The first-order chi connectivity index (χ1) is 10.8. The lowest BCUT2D eigenvalue weighted by atomic mass is 10.2. The Morgan fingerprint density at radius 1 is 1.17 bits per heavy atom. The molecular weight excluding hydrogens is 312 g/mol. The fraction of sp³-hybridized carbons (Fsp3) is 0.625. The van der Waals surface area contributed by atoms with Crippen molar-refractivity contribution in [1.82, 2.24) is 15.1 Å². The summed E-state index contributed by atoms with van der Waals surface area (Å²) < 4.78 is 12.0. The number of aromatic nitrogens is 2. The van der Waals surface area contributed by atoms with Gasteiger partial charge in [-0.3, -0.25) is 14.8 Å². The van der Waals surface area contributed by atoms with Gasteiger partial charge in [-0.15, -0.1) is 0 Å². The molecule has 0 spiro atoms. The number of nitrogens with one attached hydrogen (secondary N) is 1. The summed E-state index contributed by atoms with van der Waals surface area (Å²) in [5, 5.41) is 6.50. The minimum atomic E-state index is -0.686. The normalized spacial score (nSPS) is 12.7. The number of rotatable bonds is 3. The van der Waals surface area contributed by atoms with Gasteiger partial charge in [-0.05, 0) is 41.5 Å². The first-order valence-corrected chi connectivity index (χ1v) is 7.62. The summed E-state index contributed by atoms with van der Waals surface area (Å²) in [5.74, 6) is -0.368. The third kappa shape index (κ3) is 8.30. The number of nitrogens with zero attached hydrogens (tertiary/aromatic N) is 3. The van der Waals surface area contributed by atoms with Crippen LogP contribution in [-0.2, 0) is 21.3 Å². The maximum Gasteiger partial charge on any atom is 0.413 e. The van der Waals surface area contributed by atoms with E-state index in [0.717, 1.165) is 0 Å². The van der Waals surface area contributed by atoms with Gasteiger partial charge < -0.3 is 9.47 Å². The lowest BCUT2D eigenvalue weighted by molar-refractivity contribution is -0.153. The number of hydrogen-bond donors (Lipinski definition) is 1. The summed E-state index contributed by atoms with van der Waals surface area (Å²) >= 11 is 0. The quantitative estimate of drug-likeness (QED) is 0.519. The van der Waals surface area contributed by atoms with Gasteiger partial charge in [0.25, 0.3) is 0 Å². The molecule has 0 aliphatic rings. The molecule has 0 radical (unpaired) electrons. The van der Waals surface area contributed by atoms with Crippen LogP contribution in [0.4, 0.5) is 10.5 Å². The van der Waals surface area contributed by atoms with Crippen molar-refractivity contribution in [3.63, 3.8) is 0 Å². The highest BCUT2D eigenvalue weighted by atomic mass is 16.6. The van der Waals surface area contributed by atoms with Crippen molar-refractivity contribution < 1.29 is 19.1 Å². The topological polar surface area (TPSA) is 94.8 Å². The molecule has 24 heavy (non-hydrogen) atoms. The number of carbonyl (C=O) groups is 2. The van der Waals surface area contributed by atoms with Gasteiger partial charge in [0.1, 0.15) is 29.1 Å². The van der Waals surface area contributed by atoms with Crippen molar-refractivity contribution in [2.45, 2.75) is 59.2 Å². The van der Waals surface area contributed by atoms with Crippen molar-refractivity contribution in [1.29, 1.82) is 0 Å². The minimum absolute atomic E-state index is 0.131. The summed E-state index contributed by atoms with van der Waals surface area (Å²) in [7, 11) is 1.74. The van der Waals surface area contributed by atoms with E-state index in [2.05, 4.69) is 15.4 Å². The van der Waals surface area contributed by atoms with Crippen LogP contribution in [0.25, 0.3) is 0 Å². The van der Waals surface area contributed by atoms with E-state index in [-0.39, 0.29) is 12.3 Å². The SMILES string of the molecule is Cn1cc(N=C(CC(=O)OC(C)(C)C)NC(=O)OC(C)(C)C)cn1. The van der Waals surface area contributed by atoms with E-state index >= 15 is 0 Å². The fourth-order valence-electron chi connectivity index (χ4n) is 1.67. The van der Waals surface area contributed by atoms with Gasteiger partial charge in [0, 0.05) is 7.05 Å². The number of esters is 1. The summed E-state index contributed by atoms with van der Waals surface area (Å²) in [6.45, 7) is 10.5. The van der Waals surface area contributed by atoms with E-state index in [1.165, 1.54) is 6.20 Å². The van der Waals surface area contributed by atoms with E-state index in [9.17, 15) is 9.59 Å². The first-order valence-electron chi connectivity index (χ1n) is 7.62. The third-order valence-corrected chi connectivity index (χ3v) is 2.33.